The maximum Gasteiger partial charge on any atom is 0.312 e. The van der Waals surface area contributed by atoms with Crippen LogP contribution in [0.5, 0.6) is 0 Å². The molecule has 0 aromatic heterocycles. The van der Waals surface area contributed by atoms with Crippen LogP contribution in [0, 0.1) is 11.3 Å². The van der Waals surface area contributed by atoms with Gasteiger partial charge in [0.25, 0.3) is 0 Å². The fraction of sp³-hybridized carbons (Fsp3) is 0.552. The van der Waals surface area contributed by atoms with Crippen molar-refractivity contribution in [2.24, 2.45) is 11.3 Å². The van der Waals surface area contributed by atoms with Gasteiger partial charge in [0.1, 0.15) is 0 Å². The van der Waals surface area contributed by atoms with E-state index in [2.05, 4.69) is 71.9 Å². The van der Waals surface area contributed by atoms with Gasteiger partial charge in [0.05, 0.1) is 19.1 Å². The second-order valence-electron chi connectivity index (χ2n) is 12.5. The zero-order valence-electron chi connectivity index (χ0n) is 21.5. The van der Waals surface area contributed by atoms with Crippen LogP contribution in [0.1, 0.15) is 96.2 Å². The molecule has 1 aliphatic rings. The molecule has 0 aliphatic heterocycles. The van der Waals surface area contributed by atoms with E-state index >= 15 is 0 Å². The first-order valence-corrected chi connectivity index (χ1v) is 11.6. The number of esters is 1. The molecule has 0 heterocycles. The first-order chi connectivity index (χ1) is 14.6. The van der Waals surface area contributed by atoms with E-state index in [9.17, 15) is 9.90 Å². The molecule has 0 saturated heterocycles. The molecule has 174 valence electrons. The number of benzene rings is 2. The predicted octanol–water partition coefficient (Wildman–Crippen LogP) is 6.72. The highest BCUT2D eigenvalue weighted by molar-refractivity contribution is 5.82. The van der Waals surface area contributed by atoms with Gasteiger partial charge in [-0.05, 0) is 61.6 Å². The van der Waals surface area contributed by atoms with Gasteiger partial charge >= 0.3 is 5.97 Å². The van der Waals surface area contributed by atoms with E-state index in [0.29, 0.717) is 0 Å². The molecule has 0 unspecified atom stereocenters. The second-order valence-corrected chi connectivity index (χ2v) is 12.5. The van der Waals surface area contributed by atoms with Crippen molar-refractivity contribution in [1.82, 2.24) is 0 Å². The molecule has 0 spiro atoms. The highest BCUT2D eigenvalue weighted by Gasteiger charge is 2.41. The Bertz CT molecular complexity index is 1030. The van der Waals surface area contributed by atoms with E-state index in [1.807, 2.05) is 20.8 Å². The summed E-state index contributed by atoms with van der Waals surface area (Å²) in [5.41, 5.74) is 7.63. The Morgan fingerprint density at radius 3 is 1.94 bits per heavy atom. The molecule has 3 rings (SSSR count). The molecule has 0 saturated carbocycles. The van der Waals surface area contributed by atoms with Crippen molar-refractivity contribution < 1.29 is 14.6 Å². The molecule has 3 nitrogen and oxygen atoms in total. The summed E-state index contributed by atoms with van der Waals surface area (Å²) >= 11 is 0. The lowest BCUT2D eigenvalue weighted by Crippen LogP contribution is -2.35. The van der Waals surface area contributed by atoms with Crippen LogP contribution in [0.25, 0.3) is 11.1 Å². The Labute approximate surface area is 194 Å². The van der Waals surface area contributed by atoms with E-state index in [4.69, 9.17) is 4.74 Å². The smallest absolute Gasteiger partial charge is 0.312 e. The third kappa shape index (κ3) is 4.50. The number of carbonyl (C=O) groups is 1. The van der Waals surface area contributed by atoms with E-state index in [1.165, 1.54) is 34.9 Å². The summed E-state index contributed by atoms with van der Waals surface area (Å²) in [5, 5.41) is 11.7. The third-order valence-corrected chi connectivity index (χ3v) is 6.76. The lowest BCUT2D eigenvalue weighted by molar-refractivity contribution is -0.155. The highest BCUT2D eigenvalue weighted by Crippen LogP contribution is 2.48. The van der Waals surface area contributed by atoms with E-state index in [1.54, 1.807) is 0 Å². The molecule has 0 radical (unpaired) electrons. The lowest BCUT2D eigenvalue weighted by Gasteiger charge is -2.34. The van der Waals surface area contributed by atoms with Crippen LogP contribution in [-0.4, -0.2) is 18.2 Å². The lowest BCUT2D eigenvalue weighted by atomic mass is 9.73. The van der Waals surface area contributed by atoms with Gasteiger partial charge in [0.2, 0.25) is 0 Å². The number of carbonyl (C=O) groups excluding carboxylic acids is 1. The number of fused-ring (bicyclic) bond motifs is 3. The minimum atomic E-state index is -0.952. The molecule has 0 fully saturated rings. The van der Waals surface area contributed by atoms with Crippen LogP contribution in [0.4, 0.5) is 0 Å². The summed E-state index contributed by atoms with van der Waals surface area (Å²) in [6, 6.07) is 11.1. The van der Waals surface area contributed by atoms with Crippen molar-refractivity contribution in [3.8, 4) is 11.1 Å². The van der Waals surface area contributed by atoms with Crippen molar-refractivity contribution in [2.75, 3.05) is 7.11 Å². The van der Waals surface area contributed by atoms with Gasteiger partial charge < -0.3 is 9.84 Å². The topological polar surface area (TPSA) is 46.5 Å². The molecule has 2 aromatic carbocycles. The number of aliphatic hydroxyl groups excluding tert-OH is 1. The number of methoxy groups -OCH3 is 1. The van der Waals surface area contributed by atoms with Crippen LogP contribution in [-0.2, 0) is 26.8 Å². The molecule has 3 heteroatoms. The molecule has 2 atom stereocenters. The molecular formula is C29H40O3. The molecular weight excluding hydrogens is 396 g/mol. The Morgan fingerprint density at radius 2 is 1.44 bits per heavy atom. The molecule has 1 N–H and O–H groups in total. The van der Waals surface area contributed by atoms with E-state index < -0.39 is 17.4 Å². The molecule has 0 amide bonds. The van der Waals surface area contributed by atoms with Crippen molar-refractivity contribution >= 4 is 5.97 Å². The Balaban J connectivity index is 2.26. The quantitative estimate of drug-likeness (QED) is 0.464. The standard InChI is InChI=1S/C29H40O3/c1-27(2,3)19-11-12-21-17(14-19)13-18-15-20(28(4,5)6)16-22(23(18)21)25(30)24(26(31)32-10)29(7,8)9/h11-12,14-16,24-25,30H,13H2,1-10H3/t24-,25+/m1/s1. The molecule has 2 aromatic rings. The maximum absolute atomic E-state index is 12.8. The monoisotopic (exact) mass is 436 g/mol. The van der Waals surface area contributed by atoms with Crippen LogP contribution in [0.3, 0.4) is 0 Å². The number of rotatable bonds is 3. The van der Waals surface area contributed by atoms with E-state index in [0.717, 1.165) is 17.5 Å². The van der Waals surface area contributed by atoms with Gasteiger partial charge in [-0.3, -0.25) is 4.79 Å². The SMILES string of the molecule is COC(=O)[C@@H]([C@@H](O)c1cc(C(C)(C)C)cc2c1-c1ccc(C(C)(C)C)cc1C2)C(C)(C)C. The molecule has 0 bridgehead atoms. The summed E-state index contributed by atoms with van der Waals surface area (Å²) in [5.74, 6) is -1.04. The number of hydrogen-bond donors (Lipinski definition) is 1. The molecule has 32 heavy (non-hydrogen) atoms. The van der Waals surface area contributed by atoms with Gasteiger partial charge in [-0.15, -0.1) is 0 Å². The van der Waals surface area contributed by atoms with Crippen molar-refractivity contribution in [3.05, 3.63) is 58.1 Å². The van der Waals surface area contributed by atoms with Crippen LogP contribution in [0.15, 0.2) is 30.3 Å². The minimum absolute atomic E-state index is 0.0721. The predicted molar refractivity (Wildman–Crippen MR) is 132 cm³/mol. The average Bonchev–Trinajstić information content (AvgIpc) is 3.02. The summed E-state index contributed by atoms with van der Waals surface area (Å²) < 4.78 is 5.12. The number of aliphatic hydroxyl groups is 1. The summed E-state index contributed by atoms with van der Waals surface area (Å²) in [6.45, 7) is 19.2. The minimum Gasteiger partial charge on any atom is -0.469 e. The average molecular weight is 437 g/mol. The van der Waals surface area contributed by atoms with Gasteiger partial charge in [-0.2, -0.15) is 0 Å². The second kappa shape index (κ2) is 8.02. The van der Waals surface area contributed by atoms with Gasteiger partial charge in [-0.1, -0.05) is 92.6 Å². The van der Waals surface area contributed by atoms with Crippen molar-refractivity contribution in [3.63, 3.8) is 0 Å². The van der Waals surface area contributed by atoms with Crippen LogP contribution < -0.4 is 0 Å². The number of hydrogen-bond acceptors (Lipinski definition) is 3. The Kier molecular flexibility index (Phi) is 6.14. The van der Waals surface area contributed by atoms with Gasteiger partial charge in [-0.25, -0.2) is 0 Å². The Hall–Kier alpha value is -2.13. The summed E-state index contributed by atoms with van der Waals surface area (Å²) in [4.78, 5) is 12.8. The fourth-order valence-corrected chi connectivity index (χ4v) is 4.78. The van der Waals surface area contributed by atoms with Crippen LogP contribution >= 0.6 is 0 Å². The van der Waals surface area contributed by atoms with Gasteiger partial charge in [0.15, 0.2) is 0 Å². The van der Waals surface area contributed by atoms with E-state index in [-0.39, 0.29) is 16.8 Å². The largest absolute Gasteiger partial charge is 0.469 e. The molecule has 1 aliphatic carbocycles. The third-order valence-electron chi connectivity index (χ3n) is 6.76. The highest BCUT2D eigenvalue weighted by atomic mass is 16.5. The summed E-state index contributed by atoms with van der Waals surface area (Å²) in [7, 11) is 1.40. The zero-order chi connectivity index (χ0) is 24.2. The van der Waals surface area contributed by atoms with Crippen molar-refractivity contribution in [2.45, 2.75) is 85.7 Å². The Morgan fingerprint density at radius 1 is 0.875 bits per heavy atom. The first-order valence-electron chi connectivity index (χ1n) is 11.6. The maximum atomic E-state index is 12.8. The number of ether oxygens (including phenoxy) is 1. The summed E-state index contributed by atoms with van der Waals surface area (Å²) in [6.07, 6.45) is -0.108. The van der Waals surface area contributed by atoms with Gasteiger partial charge in [0, 0.05) is 0 Å². The van der Waals surface area contributed by atoms with Crippen LogP contribution in [0.2, 0.25) is 0 Å². The zero-order valence-corrected chi connectivity index (χ0v) is 21.5. The van der Waals surface area contributed by atoms with Crippen molar-refractivity contribution in [1.29, 1.82) is 0 Å². The first kappa shape index (κ1) is 24.5. The fourth-order valence-electron chi connectivity index (χ4n) is 4.78. The normalized spacial score (nSPS) is 15.7.